The molecule has 1 amide bonds. The maximum atomic E-state index is 12.7. The number of nitrogens with one attached hydrogen (secondary N) is 1. The molecule has 1 aromatic carbocycles. The van der Waals surface area contributed by atoms with Crippen molar-refractivity contribution in [3.63, 3.8) is 0 Å². The van der Waals surface area contributed by atoms with Gasteiger partial charge in [0.05, 0.1) is 17.9 Å². The molecule has 29 heavy (non-hydrogen) atoms. The molecule has 0 saturated carbocycles. The van der Waals surface area contributed by atoms with Gasteiger partial charge in [-0.2, -0.15) is 4.72 Å². The Bertz CT molecular complexity index is 867. The van der Waals surface area contributed by atoms with E-state index in [4.69, 9.17) is 10.5 Å². The fourth-order valence-electron chi connectivity index (χ4n) is 3.95. The lowest BCUT2D eigenvalue weighted by atomic mass is 10.0. The molecular weight excluding hydrogens is 388 g/mol. The molecule has 2 aliphatic heterocycles. The lowest BCUT2D eigenvalue weighted by Gasteiger charge is -2.22. The number of likely N-dealkylation sites (tertiary alicyclic amines) is 1. The van der Waals surface area contributed by atoms with Crippen molar-refractivity contribution in [1.82, 2.24) is 4.90 Å². The van der Waals surface area contributed by atoms with Gasteiger partial charge >= 0.3 is 0 Å². The first-order valence-corrected chi connectivity index (χ1v) is 11.2. The third kappa shape index (κ3) is 4.59. The monoisotopic (exact) mass is 414 g/mol. The number of anilines is 1. The molecule has 1 aromatic rings. The molecule has 0 bridgehead atoms. The molecule has 0 radical (unpaired) electrons. The summed E-state index contributed by atoms with van der Waals surface area (Å²) in [6, 6.07) is 5.51. The van der Waals surface area contributed by atoms with E-state index in [1.165, 1.54) is 0 Å². The summed E-state index contributed by atoms with van der Waals surface area (Å²) in [5.41, 5.74) is 8.12. The Hall–Kier alpha value is -2.45. The number of hydrogen-bond donors (Lipinski definition) is 2. The largest absolute Gasteiger partial charge is 0.566 e. The second kappa shape index (κ2) is 8.92. The zero-order valence-electron chi connectivity index (χ0n) is 16.3. The molecule has 1 saturated heterocycles. The predicted molar refractivity (Wildman–Crippen MR) is 115 cm³/mol. The highest BCUT2D eigenvalue weighted by Crippen LogP contribution is 2.31. The number of nitrogens with zero attached hydrogens (tertiary/aromatic N) is 2. The molecule has 4 rings (SSSR count). The fourth-order valence-corrected chi connectivity index (χ4v) is 4.62. The van der Waals surface area contributed by atoms with Crippen molar-refractivity contribution in [1.29, 1.82) is 0 Å². The van der Waals surface area contributed by atoms with Gasteiger partial charge in [-0.25, -0.2) is 0 Å². The van der Waals surface area contributed by atoms with Crippen LogP contribution >= 0.6 is 0 Å². The van der Waals surface area contributed by atoms with E-state index in [2.05, 4.69) is 15.2 Å². The van der Waals surface area contributed by atoms with E-state index in [0.29, 0.717) is 29.5 Å². The molecule has 3 N–H and O–H groups in total. The van der Waals surface area contributed by atoms with Crippen molar-refractivity contribution in [2.24, 2.45) is 16.0 Å². The predicted octanol–water partition coefficient (Wildman–Crippen LogP) is 2.68. The molecule has 0 spiro atoms. The number of allylic oxidation sites excluding steroid dienone is 2. The van der Waals surface area contributed by atoms with E-state index in [1.54, 1.807) is 0 Å². The molecule has 2 heterocycles. The number of carbonyl (C=O) groups excluding carboxylic acids is 1. The molecule has 1 fully saturated rings. The number of amides is 1. The summed E-state index contributed by atoms with van der Waals surface area (Å²) >= 11 is -1.55. The number of benzene rings is 1. The number of rotatable bonds is 4. The number of amidine groups is 1. The van der Waals surface area contributed by atoms with Crippen LogP contribution in [0.5, 0.6) is 5.75 Å². The first-order chi connectivity index (χ1) is 14.1. The van der Waals surface area contributed by atoms with Gasteiger partial charge in [-0.15, -0.1) is 0 Å². The van der Waals surface area contributed by atoms with Gasteiger partial charge in [0.15, 0.2) is 5.84 Å². The van der Waals surface area contributed by atoms with Crippen LogP contribution in [0.2, 0.25) is 0 Å². The van der Waals surface area contributed by atoms with Gasteiger partial charge in [0.25, 0.3) is 5.91 Å². The van der Waals surface area contributed by atoms with E-state index in [9.17, 15) is 9.35 Å². The molecule has 3 aliphatic rings. The minimum absolute atomic E-state index is 0.141. The topological polar surface area (TPSA) is 103 Å². The average molecular weight is 415 g/mol. The van der Waals surface area contributed by atoms with Gasteiger partial charge in [0.1, 0.15) is 5.75 Å². The quantitative estimate of drug-likeness (QED) is 0.738. The van der Waals surface area contributed by atoms with Crippen LogP contribution in [-0.2, 0) is 16.3 Å². The summed E-state index contributed by atoms with van der Waals surface area (Å²) in [7, 11) is 0. The third-order valence-electron chi connectivity index (χ3n) is 5.51. The van der Waals surface area contributed by atoms with Crippen LogP contribution in [0, 0.1) is 5.92 Å². The highest BCUT2D eigenvalue weighted by atomic mass is 32.2. The van der Waals surface area contributed by atoms with Gasteiger partial charge < -0.3 is 19.9 Å². The Morgan fingerprint density at radius 1 is 1.34 bits per heavy atom. The first-order valence-electron chi connectivity index (χ1n) is 10.1. The number of fused-ring (bicyclic) bond motifs is 1. The normalized spacial score (nSPS) is 24.0. The summed E-state index contributed by atoms with van der Waals surface area (Å²) in [5.74, 6) is 1.37. The Morgan fingerprint density at radius 3 is 3.07 bits per heavy atom. The fraction of sp³-hybridized carbons (Fsp3) is 0.429. The van der Waals surface area contributed by atoms with Crippen molar-refractivity contribution in [2.45, 2.75) is 32.1 Å². The van der Waals surface area contributed by atoms with Crippen LogP contribution < -0.4 is 15.2 Å². The standard InChI is InChI=1S/C21H26N4O3S/c22-20-19-17(23-29(27)24-20)9-4-10-18(19)28-14-15-6-5-12-25(13-11-15)21(26)16-7-2-1-3-8-16/h2,4,7-10,15,23H,1,3,5-6,11-14H2,(H2,22,24)/t15-,29?/m0/s1. The molecule has 7 nitrogen and oxygen atoms in total. The molecule has 154 valence electrons. The van der Waals surface area contributed by atoms with Crippen LogP contribution in [0.3, 0.4) is 0 Å². The summed E-state index contributed by atoms with van der Waals surface area (Å²) in [6.45, 7) is 2.09. The maximum Gasteiger partial charge on any atom is 0.253 e. The van der Waals surface area contributed by atoms with E-state index >= 15 is 0 Å². The number of ether oxygens (including phenoxy) is 1. The van der Waals surface area contributed by atoms with Gasteiger partial charge in [0, 0.05) is 18.7 Å². The van der Waals surface area contributed by atoms with Gasteiger partial charge in [-0.3, -0.25) is 4.79 Å². The first kappa shape index (κ1) is 19.8. The second-order valence-electron chi connectivity index (χ2n) is 7.55. The maximum absolute atomic E-state index is 12.7. The Balaban J connectivity index is 1.36. The van der Waals surface area contributed by atoms with Gasteiger partial charge in [0.2, 0.25) is 11.5 Å². The van der Waals surface area contributed by atoms with Crippen molar-refractivity contribution in [2.75, 3.05) is 24.4 Å². The van der Waals surface area contributed by atoms with E-state index < -0.39 is 11.5 Å². The molecule has 0 aromatic heterocycles. The molecular formula is C21H26N4O3S. The smallest absolute Gasteiger partial charge is 0.253 e. The van der Waals surface area contributed by atoms with Crippen LogP contribution in [0.25, 0.3) is 0 Å². The summed E-state index contributed by atoms with van der Waals surface area (Å²) in [6.07, 6.45) is 10.9. The zero-order chi connectivity index (χ0) is 20.2. The molecule has 8 heteroatoms. The highest BCUT2D eigenvalue weighted by molar-refractivity contribution is 7.91. The highest BCUT2D eigenvalue weighted by Gasteiger charge is 2.26. The van der Waals surface area contributed by atoms with Gasteiger partial charge in [-0.1, -0.05) is 24.3 Å². The lowest BCUT2D eigenvalue weighted by Crippen LogP contribution is -2.33. The van der Waals surface area contributed by atoms with E-state index in [1.807, 2.05) is 35.3 Å². The summed E-state index contributed by atoms with van der Waals surface area (Å²) < 4.78 is 24.4. The van der Waals surface area contributed by atoms with E-state index in [0.717, 1.165) is 50.8 Å². The molecule has 1 unspecified atom stereocenters. The zero-order valence-corrected chi connectivity index (χ0v) is 17.1. The second-order valence-corrected chi connectivity index (χ2v) is 8.43. The SMILES string of the molecule is NC1=N[S+]([O-])Nc2cccc(OC[C@H]3CCCN(C(=O)C4=CCCC=C4)CC3)c21. The third-order valence-corrected chi connectivity index (χ3v) is 6.27. The van der Waals surface area contributed by atoms with Crippen LogP contribution in [0.1, 0.15) is 37.7 Å². The van der Waals surface area contributed by atoms with Crippen molar-refractivity contribution in [3.05, 3.63) is 47.6 Å². The Labute approximate surface area is 174 Å². The van der Waals surface area contributed by atoms with Crippen molar-refractivity contribution >= 4 is 29.0 Å². The van der Waals surface area contributed by atoms with Crippen molar-refractivity contribution < 1.29 is 14.1 Å². The molecule has 2 atom stereocenters. The Kier molecular flexibility index (Phi) is 6.10. The Morgan fingerprint density at radius 2 is 2.24 bits per heavy atom. The lowest BCUT2D eigenvalue weighted by molar-refractivity contribution is -0.126. The molecule has 1 aliphatic carbocycles. The van der Waals surface area contributed by atoms with Gasteiger partial charge in [-0.05, 0) is 54.6 Å². The summed E-state index contributed by atoms with van der Waals surface area (Å²) in [5, 5.41) is 0. The van der Waals surface area contributed by atoms with Crippen molar-refractivity contribution in [3.8, 4) is 5.75 Å². The number of hydrogen-bond acceptors (Lipinski definition) is 6. The number of nitrogens with two attached hydrogens (primary N) is 1. The number of carbonyl (C=O) groups is 1. The average Bonchev–Trinajstić information content (AvgIpc) is 2.97. The minimum atomic E-state index is -1.55. The van der Waals surface area contributed by atoms with Crippen LogP contribution in [0.15, 0.2) is 46.4 Å². The van der Waals surface area contributed by atoms with Crippen LogP contribution in [0.4, 0.5) is 5.69 Å². The van der Waals surface area contributed by atoms with E-state index in [-0.39, 0.29) is 11.7 Å². The minimum Gasteiger partial charge on any atom is -0.566 e. The summed E-state index contributed by atoms with van der Waals surface area (Å²) in [4.78, 5) is 14.7. The van der Waals surface area contributed by atoms with Crippen LogP contribution in [-0.4, -0.2) is 40.9 Å².